The Labute approximate surface area is 362 Å². The van der Waals surface area contributed by atoms with Gasteiger partial charge in [0.1, 0.15) is 41.8 Å². The van der Waals surface area contributed by atoms with Crippen LogP contribution in [0.4, 0.5) is 0 Å². The van der Waals surface area contributed by atoms with Gasteiger partial charge in [-0.3, -0.25) is 9.78 Å². The molecule has 0 unspecified atom stereocenters. The van der Waals surface area contributed by atoms with Crippen molar-refractivity contribution in [1.29, 1.82) is 0 Å². The zero-order chi connectivity index (χ0) is 40.4. The number of rotatable bonds is 11. The third-order valence-corrected chi connectivity index (χ3v) is 18.8. The van der Waals surface area contributed by atoms with Crippen LogP contribution in [0.3, 0.4) is 0 Å². The number of thiophene rings is 1. The Kier molecular flexibility index (Phi) is 13.4. The number of imidazole rings is 1. The molecule has 0 fully saturated rings. The minimum atomic E-state index is -2.39. The molecule has 0 amide bonds. The topological polar surface area (TPSA) is 80.9 Å². The Morgan fingerprint density at radius 1 is 0.845 bits per heavy atom. The summed E-state index contributed by atoms with van der Waals surface area (Å²) in [6, 6.07) is 36.9. The Morgan fingerprint density at radius 2 is 1.45 bits per heavy atom. The first-order valence-electron chi connectivity index (χ1n) is 20.7. The average molecular weight is 984 g/mol. The van der Waals surface area contributed by atoms with E-state index in [1.54, 1.807) is 17.7 Å². The summed E-state index contributed by atoms with van der Waals surface area (Å²) in [7, 11) is -2.39. The smallest absolute Gasteiger partial charge is 0.164 e. The van der Waals surface area contributed by atoms with E-state index < -0.39 is 8.07 Å². The number of nitrogens with zero attached hydrogens (tertiary/aromatic N) is 4. The van der Waals surface area contributed by atoms with Gasteiger partial charge in [-0.2, -0.15) is 0 Å². The summed E-state index contributed by atoms with van der Waals surface area (Å²) < 4.78 is 3.50. The van der Waals surface area contributed by atoms with E-state index in [0.29, 0.717) is 0 Å². The molecule has 9 heteroatoms. The van der Waals surface area contributed by atoms with Crippen molar-refractivity contribution in [2.45, 2.75) is 99.6 Å². The Balaban J connectivity index is 0.000000270. The molecule has 7 aromatic rings. The molecule has 58 heavy (non-hydrogen) atoms. The van der Waals surface area contributed by atoms with Crippen molar-refractivity contribution in [2.24, 2.45) is 10.8 Å². The summed E-state index contributed by atoms with van der Waals surface area (Å²) in [5, 5.41) is 16.7. The first-order chi connectivity index (χ1) is 27.5. The fourth-order valence-corrected chi connectivity index (χ4v) is 13.2. The average Bonchev–Trinajstić information content (AvgIpc) is 3.82. The minimum Gasteiger partial charge on any atom is -0.512 e. The molecule has 3 aromatic heterocycles. The molecule has 1 aliphatic heterocycles. The second-order valence-corrected chi connectivity index (χ2v) is 21.2. The second-order valence-electron chi connectivity index (χ2n) is 16.2. The summed E-state index contributed by atoms with van der Waals surface area (Å²) in [5.41, 5.74) is 3.35. The number of fused-ring (bicyclic) bond motifs is 6. The Hall–Kier alpha value is -4.27. The molecule has 0 aliphatic carbocycles. The van der Waals surface area contributed by atoms with Crippen LogP contribution in [0.15, 0.2) is 109 Å². The van der Waals surface area contributed by atoms with Crippen molar-refractivity contribution in [3.63, 3.8) is 0 Å². The normalized spacial score (nSPS) is 13.5. The van der Waals surface area contributed by atoms with Crippen molar-refractivity contribution >= 4 is 72.1 Å². The zero-order valence-corrected chi connectivity index (χ0v) is 39.1. The summed E-state index contributed by atoms with van der Waals surface area (Å²) in [5.74, 6) is 1.48. The van der Waals surface area contributed by atoms with Crippen LogP contribution in [-0.4, -0.2) is 38.5 Å². The molecule has 1 radical (unpaired) electrons. The number of carbonyl (C=O) groups is 1. The van der Waals surface area contributed by atoms with Crippen LogP contribution in [0.2, 0.25) is 6.55 Å². The molecule has 0 saturated carbocycles. The fraction of sp³-hybridized carbons (Fsp3) is 0.347. The van der Waals surface area contributed by atoms with Gasteiger partial charge in [0.15, 0.2) is 5.78 Å². The van der Waals surface area contributed by atoms with Crippen LogP contribution >= 0.6 is 11.3 Å². The van der Waals surface area contributed by atoms with Crippen molar-refractivity contribution in [3.05, 3.63) is 121 Å². The number of aliphatic hydroxyl groups is 1. The van der Waals surface area contributed by atoms with Crippen LogP contribution in [-0.2, 0) is 37.9 Å². The monoisotopic (exact) mass is 984 g/mol. The molecule has 1 N–H and O–H groups in total. The molecule has 0 saturated heterocycles. The summed E-state index contributed by atoms with van der Waals surface area (Å²) in [6.07, 6.45) is 9.92. The molecule has 4 heterocycles. The number of hydrogen-bond acceptors (Lipinski definition) is 6. The number of carbonyl (C=O) groups excluding carboxylic acids is 1. The van der Waals surface area contributed by atoms with E-state index in [-0.39, 0.29) is 42.5 Å². The molecule has 0 spiro atoms. The van der Waals surface area contributed by atoms with Gasteiger partial charge in [0, 0.05) is 60.4 Å². The van der Waals surface area contributed by atoms with Gasteiger partial charge in [0.05, 0.1) is 0 Å². The van der Waals surface area contributed by atoms with Crippen LogP contribution in [0.1, 0.15) is 85.9 Å². The van der Waals surface area contributed by atoms with Gasteiger partial charge >= 0.3 is 0 Å². The molecular weight excluding hydrogens is 929 g/mol. The largest absolute Gasteiger partial charge is 0.512 e. The van der Waals surface area contributed by atoms with Crippen LogP contribution in [0.5, 0.6) is 0 Å². The molecule has 6 nitrogen and oxygen atoms in total. The quantitative estimate of drug-likeness (QED) is 0.0459. The fourth-order valence-electron chi connectivity index (χ4n) is 8.12. The van der Waals surface area contributed by atoms with Crippen molar-refractivity contribution in [2.75, 3.05) is 0 Å². The maximum Gasteiger partial charge on any atom is 0.164 e. The van der Waals surface area contributed by atoms with E-state index >= 15 is 0 Å². The zero-order valence-electron chi connectivity index (χ0n) is 34.9. The molecule has 4 aromatic carbocycles. The predicted molar refractivity (Wildman–Crippen MR) is 242 cm³/mol. The molecule has 1 aliphatic rings. The molecule has 0 atom stereocenters. The van der Waals surface area contributed by atoms with Crippen LogP contribution < -0.4 is 15.6 Å². The molecular formula is C49H55IrN4O2SSi-. The van der Waals surface area contributed by atoms with Crippen molar-refractivity contribution < 1.29 is 30.0 Å². The molecule has 8 rings (SSSR count). The number of aromatic nitrogens is 4. The standard InChI is InChI=1S/C34H27N4SSi.C15H28O2.Ir/c1-40(25-13-4-2-5-14-25,26-15-6-3-7-16-26)28-21-24(20-23-12-8-9-17-27(23)28)30-33-31(36-22-35-30)32-34(39-33)38-19-11-10-18-29(38)37-32;1-7-14(5,8-2)12(16)11-13(17)15(6,9-3)10-4;/h2-9,12-17,21-22H,10-11,18-19H2,1H3;11,16H,7-10H2,1-6H3;/q-1;;/b;12-11-;. The van der Waals surface area contributed by atoms with Crippen LogP contribution in [0.25, 0.3) is 42.6 Å². The van der Waals surface area contributed by atoms with E-state index in [2.05, 4.69) is 108 Å². The van der Waals surface area contributed by atoms with Gasteiger partial charge in [0.25, 0.3) is 0 Å². The number of allylic oxidation sites excluding steroid dienone is 2. The number of hydrogen-bond donors (Lipinski definition) is 1. The first-order valence-corrected chi connectivity index (χ1v) is 24.0. The molecule has 303 valence electrons. The minimum absolute atomic E-state index is 0. The SMILES string of the molecule is CCC(C)(CC)C(=O)/C=C(\O)C(C)(CC)CC.C[Si](c1ccccc1)(c1ccccc1)c1cc(-c2ncnc3c2sc2c3nc3n2CCCC3)[c-]c2ccccc12.[Ir]. The third kappa shape index (κ3) is 7.91. The van der Waals surface area contributed by atoms with Gasteiger partial charge in [-0.1, -0.05) is 148 Å². The number of aliphatic hydroxyl groups excluding tert-OH is 1. The van der Waals surface area contributed by atoms with E-state index in [1.165, 1.54) is 50.5 Å². The van der Waals surface area contributed by atoms with Gasteiger partial charge in [-0.25, -0.2) is 9.97 Å². The molecule has 0 bridgehead atoms. The number of benzene rings is 4. The number of aryl methyl sites for hydroxylation is 2. The van der Waals surface area contributed by atoms with E-state index in [9.17, 15) is 9.90 Å². The Bertz CT molecular complexity index is 2520. The van der Waals surface area contributed by atoms with Gasteiger partial charge in [0.2, 0.25) is 0 Å². The van der Waals surface area contributed by atoms with E-state index in [0.717, 1.165) is 71.0 Å². The predicted octanol–water partition coefficient (Wildman–Crippen LogP) is 10.7. The maximum absolute atomic E-state index is 12.2. The third-order valence-electron chi connectivity index (χ3n) is 13.1. The maximum atomic E-state index is 12.2. The Morgan fingerprint density at radius 3 is 2.07 bits per heavy atom. The van der Waals surface area contributed by atoms with E-state index in [1.807, 2.05) is 41.5 Å². The second kappa shape index (κ2) is 17.9. The summed E-state index contributed by atoms with van der Waals surface area (Å²) >= 11 is 1.78. The first kappa shape index (κ1) is 43.3. The van der Waals surface area contributed by atoms with Crippen LogP contribution in [0, 0.1) is 16.9 Å². The summed E-state index contributed by atoms with van der Waals surface area (Å²) in [4.78, 5) is 28.1. The van der Waals surface area contributed by atoms with Crippen molar-refractivity contribution in [3.8, 4) is 11.3 Å². The summed E-state index contributed by atoms with van der Waals surface area (Å²) in [6.45, 7) is 15.6. The van der Waals surface area contributed by atoms with E-state index in [4.69, 9.17) is 15.0 Å². The number of ketones is 1. The van der Waals surface area contributed by atoms with Crippen molar-refractivity contribution in [1.82, 2.24) is 19.5 Å². The van der Waals surface area contributed by atoms with Gasteiger partial charge in [-0.05, 0) is 38.5 Å². The van der Waals surface area contributed by atoms with Gasteiger partial charge in [-0.15, -0.1) is 40.1 Å². The van der Waals surface area contributed by atoms with Gasteiger partial charge < -0.3 is 9.67 Å².